The van der Waals surface area contributed by atoms with Gasteiger partial charge in [-0.2, -0.15) is 0 Å². The smallest absolute Gasteiger partial charge is 0.305 e. The topological polar surface area (TPSA) is 236 Å². The van der Waals surface area contributed by atoms with Crippen LogP contribution in [0.4, 0.5) is 11.4 Å². The van der Waals surface area contributed by atoms with Crippen molar-refractivity contribution in [3.05, 3.63) is 59.2 Å². The highest BCUT2D eigenvalue weighted by Crippen LogP contribution is 2.60. The third-order valence-electron chi connectivity index (χ3n) is 11.6. The summed E-state index contributed by atoms with van der Waals surface area (Å²) >= 11 is 0. The van der Waals surface area contributed by atoms with Crippen LogP contribution in [0.1, 0.15) is 49.3 Å². The average molecular weight is 786 g/mol. The van der Waals surface area contributed by atoms with Crippen LogP contribution in [0.15, 0.2) is 42.5 Å². The van der Waals surface area contributed by atoms with Crippen LogP contribution < -0.4 is 10.2 Å². The number of ether oxygens (including phenoxy) is 3. The lowest BCUT2D eigenvalue weighted by atomic mass is 9.82. The van der Waals surface area contributed by atoms with Gasteiger partial charge in [-0.15, -0.1) is 0 Å². The molecule has 7 N–H and O–H groups in total. The van der Waals surface area contributed by atoms with Gasteiger partial charge in [0.15, 0.2) is 26.3 Å². The Bertz CT molecular complexity index is 1790. The van der Waals surface area contributed by atoms with Gasteiger partial charge in [-0.25, -0.2) is 0 Å². The summed E-state index contributed by atoms with van der Waals surface area (Å²) in [5.41, 5.74) is 0.685. The average Bonchev–Trinajstić information content (AvgIpc) is 3.58. The summed E-state index contributed by atoms with van der Waals surface area (Å²) in [6, 6.07) is 11.9. The number of amides is 3. The van der Waals surface area contributed by atoms with E-state index in [1.807, 2.05) is 31.2 Å². The molecule has 2 saturated heterocycles. The normalized spacial score (nSPS) is 31.7. The van der Waals surface area contributed by atoms with Crippen molar-refractivity contribution >= 4 is 43.4 Å². The number of esters is 1. The van der Waals surface area contributed by atoms with Gasteiger partial charge < -0.3 is 59.7 Å². The van der Waals surface area contributed by atoms with E-state index in [1.54, 1.807) is 35.0 Å². The first-order valence-electron chi connectivity index (χ1n) is 18.6. The van der Waals surface area contributed by atoms with Crippen LogP contribution in [0.3, 0.4) is 0 Å². The summed E-state index contributed by atoms with van der Waals surface area (Å²) in [5.74, 6) is -2.72. The third kappa shape index (κ3) is 7.57. The second kappa shape index (κ2) is 16.0. The molecule has 300 valence electrons. The van der Waals surface area contributed by atoms with E-state index in [4.69, 9.17) is 14.2 Å². The molecule has 55 heavy (non-hydrogen) atoms. The van der Waals surface area contributed by atoms with Gasteiger partial charge in [0, 0.05) is 42.2 Å². The van der Waals surface area contributed by atoms with Crippen molar-refractivity contribution in [3.63, 3.8) is 0 Å². The molecule has 2 aromatic rings. The number of aliphatic hydroxyl groups is 5. The number of fused-ring (bicyclic) bond motifs is 3. The SMILES string of the molecule is COC(=O)CCCCN1C(=O)[C@]2(O[C@H](CC(=O)N3Cc4ccccc4C[C@H]3CO)[C@@H]([Si](C)(C)O)[C@@H]2C)c2cc(NC(=O)[C@H]3O[C@@H](O)[C@H](O)[C@@H](O)[C@@H]3O)ccc21. The Labute approximate surface area is 319 Å². The number of hydrogen-bond acceptors (Lipinski definition) is 13. The minimum atomic E-state index is -3.20. The zero-order valence-electron chi connectivity index (χ0n) is 31.3. The number of nitrogens with zero attached hydrogens (tertiary/aromatic N) is 2. The maximum absolute atomic E-state index is 14.8. The van der Waals surface area contributed by atoms with Crippen LogP contribution in [0.2, 0.25) is 18.6 Å². The molecule has 3 amide bonds. The van der Waals surface area contributed by atoms with E-state index in [0.29, 0.717) is 30.5 Å². The van der Waals surface area contributed by atoms with Gasteiger partial charge in [0.05, 0.1) is 38.0 Å². The number of hydrogen-bond donors (Lipinski definition) is 7. The lowest BCUT2D eigenvalue weighted by Crippen LogP contribution is -2.60. The Morgan fingerprint density at radius 2 is 1.73 bits per heavy atom. The second-order valence-corrected chi connectivity index (χ2v) is 19.5. The van der Waals surface area contributed by atoms with Gasteiger partial charge >= 0.3 is 5.97 Å². The van der Waals surface area contributed by atoms with Gasteiger partial charge in [0.1, 0.15) is 18.3 Å². The highest BCUT2D eigenvalue weighted by atomic mass is 28.4. The number of unbranched alkanes of at least 4 members (excludes halogenated alkanes) is 1. The molecule has 0 bridgehead atoms. The fraction of sp³-hybridized carbons (Fsp3) is 0.579. The molecule has 4 heterocycles. The van der Waals surface area contributed by atoms with Crippen LogP contribution in [0.5, 0.6) is 0 Å². The van der Waals surface area contributed by atoms with Crippen molar-refractivity contribution < 1.29 is 63.7 Å². The van der Waals surface area contributed by atoms with Crippen molar-refractivity contribution in [2.24, 2.45) is 5.92 Å². The van der Waals surface area contributed by atoms with Crippen molar-refractivity contribution in [2.75, 3.05) is 30.5 Å². The van der Waals surface area contributed by atoms with Gasteiger partial charge in [0.2, 0.25) is 5.91 Å². The molecule has 2 aromatic carbocycles. The number of nitrogens with one attached hydrogen (secondary N) is 1. The summed E-state index contributed by atoms with van der Waals surface area (Å²) in [4.78, 5) is 69.1. The minimum Gasteiger partial charge on any atom is -0.469 e. The molecule has 6 rings (SSSR count). The molecular formula is C38H51N3O13Si. The van der Waals surface area contributed by atoms with Gasteiger partial charge in [-0.05, 0) is 61.7 Å². The number of methoxy groups -OCH3 is 1. The maximum atomic E-state index is 14.8. The molecule has 0 aliphatic carbocycles. The molecule has 0 aromatic heterocycles. The first-order valence-corrected chi connectivity index (χ1v) is 21.6. The van der Waals surface area contributed by atoms with Crippen LogP contribution in [-0.2, 0) is 52.0 Å². The number of carbonyl (C=O) groups is 4. The molecule has 17 heteroatoms. The summed E-state index contributed by atoms with van der Waals surface area (Å²) in [6.07, 6.45) is -8.85. The number of aliphatic hydroxyl groups excluding tert-OH is 5. The number of carbonyl (C=O) groups excluding carboxylic acids is 4. The maximum Gasteiger partial charge on any atom is 0.305 e. The van der Waals surface area contributed by atoms with Crippen LogP contribution in [0, 0.1) is 5.92 Å². The summed E-state index contributed by atoms with van der Waals surface area (Å²) in [6.45, 7) is 5.52. The number of rotatable bonds is 11. The number of benzene rings is 2. The Hall–Kier alpha value is -3.78. The van der Waals surface area contributed by atoms with Crippen LogP contribution >= 0.6 is 0 Å². The molecule has 0 unspecified atom stereocenters. The van der Waals surface area contributed by atoms with E-state index in [9.17, 15) is 49.5 Å². The molecule has 0 radical (unpaired) electrons. The highest BCUT2D eigenvalue weighted by Gasteiger charge is 2.66. The van der Waals surface area contributed by atoms with Crippen LogP contribution in [0.25, 0.3) is 0 Å². The van der Waals surface area contributed by atoms with Crippen LogP contribution in [-0.4, -0.2) is 130 Å². The molecule has 1 spiro atoms. The Morgan fingerprint density at radius 3 is 2.40 bits per heavy atom. The first kappa shape index (κ1) is 40.9. The summed E-state index contributed by atoms with van der Waals surface area (Å²) in [7, 11) is -1.90. The van der Waals surface area contributed by atoms with E-state index in [0.717, 1.165) is 11.1 Å². The molecule has 4 aliphatic rings. The predicted molar refractivity (Wildman–Crippen MR) is 198 cm³/mol. The zero-order valence-corrected chi connectivity index (χ0v) is 32.3. The van der Waals surface area contributed by atoms with E-state index >= 15 is 0 Å². The largest absolute Gasteiger partial charge is 0.469 e. The van der Waals surface area contributed by atoms with Gasteiger partial charge in [-0.3, -0.25) is 19.2 Å². The molecule has 2 fully saturated rings. The fourth-order valence-electron chi connectivity index (χ4n) is 8.84. The lowest BCUT2D eigenvalue weighted by Gasteiger charge is -2.37. The molecule has 10 atom stereocenters. The van der Waals surface area contributed by atoms with E-state index in [-0.39, 0.29) is 50.1 Å². The highest BCUT2D eigenvalue weighted by molar-refractivity contribution is 6.71. The summed E-state index contributed by atoms with van der Waals surface area (Å²) < 4.78 is 16.7. The fourth-order valence-corrected chi connectivity index (χ4v) is 11.4. The minimum absolute atomic E-state index is 0.149. The second-order valence-electron chi connectivity index (χ2n) is 15.5. The van der Waals surface area contributed by atoms with Crippen molar-refractivity contribution in [3.8, 4) is 0 Å². The van der Waals surface area contributed by atoms with E-state index < -0.39 is 80.0 Å². The molecule has 16 nitrogen and oxygen atoms in total. The van der Waals surface area contributed by atoms with Gasteiger partial charge in [0.25, 0.3) is 11.8 Å². The first-order chi connectivity index (χ1) is 26.0. The monoisotopic (exact) mass is 785 g/mol. The predicted octanol–water partition coefficient (Wildman–Crippen LogP) is 0.249. The van der Waals surface area contributed by atoms with Gasteiger partial charge in [-0.1, -0.05) is 31.2 Å². The molecule has 0 saturated carbocycles. The van der Waals surface area contributed by atoms with Crippen molar-refractivity contribution in [2.45, 2.75) is 113 Å². The number of anilines is 2. The third-order valence-corrected chi connectivity index (χ3v) is 14.1. The summed E-state index contributed by atoms with van der Waals surface area (Å²) in [5, 5.41) is 53.4. The Kier molecular flexibility index (Phi) is 11.9. The van der Waals surface area contributed by atoms with E-state index in [1.165, 1.54) is 13.2 Å². The Balaban J connectivity index is 1.33. The zero-order chi connectivity index (χ0) is 40.0. The van der Waals surface area contributed by atoms with E-state index in [2.05, 4.69) is 5.32 Å². The quantitative estimate of drug-likeness (QED) is 0.0921. The standard InChI is InChI=1S/C38H51N3O13Si/c1-20-34(55(3,4)51)27(17-28(43)41-18-22-10-6-5-9-21(22)15-24(41)19-42)54-38(20)25-16-23(39-35(48)33-31(46)30(45)32(47)36(49)53-33)12-13-26(25)40(37(38)50)14-8-7-11-29(44)52-2/h5-6,9-10,12-13,16,20,24,27,30-34,36,42,45-47,49,51H,7-8,11,14-15,17-19H2,1-4H3,(H,39,48)/t20-,24-,27+,30-,31-,32+,33-,34-,36+,38+/m0/s1. The molecule has 4 aliphatic heterocycles. The lowest BCUT2D eigenvalue weighted by molar-refractivity contribution is -0.274. The molecular weight excluding hydrogens is 735 g/mol. The van der Waals surface area contributed by atoms with Crippen molar-refractivity contribution in [1.82, 2.24) is 4.90 Å². The Morgan fingerprint density at radius 1 is 1.02 bits per heavy atom. The van der Waals surface area contributed by atoms with Crippen molar-refractivity contribution in [1.29, 1.82) is 0 Å².